The summed E-state index contributed by atoms with van der Waals surface area (Å²) >= 11 is 1.39. The van der Waals surface area contributed by atoms with Gasteiger partial charge in [0.25, 0.3) is 5.91 Å². The van der Waals surface area contributed by atoms with E-state index in [0.29, 0.717) is 40.7 Å². The number of benzene rings is 1. The Labute approximate surface area is 185 Å². The summed E-state index contributed by atoms with van der Waals surface area (Å²) in [4.78, 5) is 24.1. The minimum atomic E-state index is -4.63. The van der Waals surface area contributed by atoms with E-state index < -0.39 is 23.9 Å². The van der Waals surface area contributed by atoms with Crippen LogP contribution in [0.1, 0.15) is 41.1 Å². The second kappa shape index (κ2) is 9.21. The fourth-order valence-electron chi connectivity index (χ4n) is 3.19. The number of aromatic nitrogens is 3. The number of thiazole rings is 1. The van der Waals surface area contributed by atoms with Gasteiger partial charge in [0.2, 0.25) is 5.82 Å². The lowest BCUT2D eigenvalue weighted by Gasteiger charge is -2.17. The van der Waals surface area contributed by atoms with E-state index in [1.54, 1.807) is 36.7 Å². The van der Waals surface area contributed by atoms with Crippen molar-refractivity contribution in [1.29, 1.82) is 0 Å². The number of carbonyl (C=O) groups is 1. The van der Waals surface area contributed by atoms with Crippen molar-refractivity contribution in [1.82, 2.24) is 20.3 Å². The second-order valence-corrected chi connectivity index (χ2v) is 8.08. The maximum atomic E-state index is 13.1. The molecule has 1 aromatic carbocycles. The average Bonchev–Trinajstić information content (AvgIpc) is 3.47. The van der Waals surface area contributed by atoms with Crippen molar-refractivity contribution in [2.24, 2.45) is 0 Å². The van der Waals surface area contributed by atoms with Crippen molar-refractivity contribution in [3.8, 4) is 16.3 Å². The third kappa shape index (κ3) is 5.05. The van der Waals surface area contributed by atoms with Crippen LogP contribution in [0, 0.1) is 0 Å². The van der Waals surface area contributed by atoms with E-state index in [-0.39, 0.29) is 6.10 Å². The minimum absolute atomic E-state index is 0.0835. The predicted molar refractivity (Wildman–Crippen MR) is 110 cm³/mol. The molecule has 1 saturated heterocycles. The van der Waals surface area contributed by atoms with E-state index in [1.807, 2.05) is 0 Å². The van der Waals surface area contributed by atoms with E-state index in [0.717, 1.165) is 18.8 Å². The zero-order chi connectivity index (χ0) is 22.7. The largest absolute Gasteiger partial charge is 0.488 e. The lowest BCUT2D eigenvalue weighted by atomic mass is 10.1. The molecule has 0 unspecified atom stereocenters. The topological polar surface area (TPSA) is 86.2 Å². The Bertz CT molecular complexity index is 1070. The zero-order valence-corrected chi connectivity index (χ0v) is 17.7. The summed E-state index contributed by atoms with van der Waals surface area (Å²) < 4.78 is 49.3. The summed E-state index contributed by atoms with van der Waals surface area (Å²) in [6.07, 6.45) is -0.187. The average molecular weight is 464 g/mol. The summed E-state index contributed by atoms with van der Waals surface area (Å²) in [7, 11) is 0. The highest BCUT2D eigenvalue weighted by Gasteiger charge is 2.34. The van der Waals surface area contributed by atoms with Crippen LogP contribution in [-0.4, -0.2) is 40.2 Å². The third-order valence-corrected chi connectivity index (χ3v) is 5.67. The molecule has 0 bridgehead atoms. The first kappa shape index (κ1) is 22.2. The van der Waals surface area contributed by atoms with Crippen molar-refractivity contribution < 1.29 is 27.4 Å². The molecule has 11 heteroatoms. The monoisotopic (exact) mass is 464 g/mol. The fraction of sp³-hybridized carbons (Fsp3) is 0.333. The van der Waals surface area contributed by atoms with Crippen LogP contribution >= 0.6 is 11.3 Å². The van der Waals surface area contributed by atoms with Gasteiger partial charge < -0.3 is 14.8 Å². The van der Waals surface area contributed by atoms with Gasteiger partial charge in [0.05, 0.1) is 24.8 Å². The Hall–Kier alpha value is -3.05. The van der Waals surface area contributed by atoms with Crippen molar-refractivity contribution in [2.45, 2.75) is 31.7 Å². The molecule has 1 N–H and O–H groups in total. The highest BCUT2D eigenvalue weighted by atomic mass is 32.1. The lowest BCUT2D eigenvalue weighted by molar-refractivity contribution is -0.145. The molecule has 1 aliphatic rings. The highest BCUT2D eigenvalue weighted by molar-refractivity contribution is 7.13. The standard InChI is InChI=1S/C21H19F3N4O3S/c1-12(13-9-26-20(27-10-13)21(22,23)24)28-18(29)17-8-14(31-15-4-6-30-11-15)2-3-16(17)19-25-5-7-32-19/h2-3,5,7-10,12,15H,4,6,11H2,1H3,(H,28,29)/t12-,15-/m1/s1. The number of ether oxygens (including phenoxy) is 2. The molecule has 2 aromatic heterocycles. The Morgan fingerprint density at radius 3 is 2.69 bits per heavy atom. The maximum absolute atomic E-state index is 13.1. The quantitative estimate of drug-likeness (QED) is 0.586. The van der Waals surface area contributed by atoms with E-state index in [9.17, 15) is 18.0 Å². The normalized spacial score (nSPS) is 17.2. The Morgan fingerprint density at radius 2 is 2.06 bits per heavy atom. The van der Waals surface area contributed by atoms with E-state index in [4.69, 9.17) is 9.47 Å². The molecule has 0 spiro atoms. The first-order valence-electron chi connectivity index (χ1n) is 9.79. The number of halogens is 3. The molecule has 3 heterocycles. The van der Waals surface area contributed by atoms with Crippen LogP contribution in [0.5, 0.6) is 5.75 Å². The van der Waals surface area contributed by atoms with Crippen molar-refractivity contribution in [3.05, 3.63) is 59.1 Å². The molecule has 7 nitrogen and oxygen atoms in total. The second-order valence-electron chi connectivity index (χ2n) is 7.18. The number of hydrogen-bond acceptors (Lipinski definition) is 7. The molecule has 1 fully saturated rings. The first-order valence-corrected chi connectivity index (χ1v) is 10.7. The highest BCUT2D eigenvalue weighted by Crippen LogP contribution is 2.31. The summed E-state index contributed by atoms with van der Waals surface area (Å²) in [5.74, 6) is -1.13. The molecule has 4 rings (SSSR count). The van der Waals surface area contributed by atoms with Crippen LogP contribution in [0.3, 0.4) is 0 Å². The number of hydrogen-bond donors (Lipinski definition) is 1. The lowest BCUT2D eigenvalue weighted by Crippen LogP contribution is -2.28. The van der Waals surface area contributed by atoms with E-state index in [2.05, 4.69) is 20.3 Å². The van der Waals surface area contributed by atoms with Gasteiger partial charge in [-0.3, -0.25) is 4.79 Å². The van der Waals surface area contributed by atoms with Crippen LogP contribution in [0.2, 0.25) is 0 Å². The molecular weight excluding hydrogens is 445 g/mol. The number of amides is 1. The van der Waals surface area contributed by atoms with E-state index in [1.165, 1.54) is 11.3 Å². The minimum Gasteiger partial charge on any atom is -0.488 e. The van der Waals surface area contributed by atoms with Crippen molar-refractivity contribution in [2.75, 3.05) is 13.2 Å². The molecule has 0 saturated carbocycles. The van der Waals surface area contributed by atoms with Crippen LogP contribution in [0.25, 0.3) is 10.6 Å². The number of nitrogens with zero attached hydrogens (tertiary/aromatic N) is 3. The summed E-state index contributed by atoms with van der Waals surface area (Å²) in [6.45, 7) is 2.76. The van der Waals surface area contributed by atoms with E-state index >= 15 is 0 Å². The van der Waals surface area contributed by atoms with Gasteiger partial charge in [-0.05, 0) is 25.1 Å². The number of nitrogens with one attached hydrogen (secondary N) is 1. The maximum Gasteiger partial charge on any atom is 0.451 e. The summed E-state index contributed by atoms with van der Waals surface area (Å²) in [5.41, 5.74) is 1.32. The SMILES string of the molecule is C[C@@H](NC(=O)c1cc(O[C@@H]2CCOC2)ccc1-c1nccs1)c1cnc(C(F)(F)F)nc1. The van der Waals surface area contributed by atoms with Gasteiger partial charge >= 0.3 is 6.18 Å². The van der Waals surface area contributed by atoms with Crippen molar-refractivity contribution >= 4 is 17.2 Å². The predicted octanol–water partition coefficient (Wildman–Crippen LogP) is 4.28. The zero-order valence-electron chi connectivity index (χ0n) is 16.9. The molecular formula is C21H19F3N4O3S. The molecule has 168 valence electrons. The molecule has 1 aliphatic heterocycles. The molecule has 32 heavy (non-hydrogen) atoms. The Kier molecular flexibility index (Phi) is 6.38. The van der Waals surface area contributed by atoms with Crippen LogP contribution in [0.4, 0.5) is 13.2 Å². The van der Waals surface area contributed by atoms with Gasteiger partial charge in [-0.25, -0.2) is 15.0 Å². The molecule has 0 radical (unpaired) electrons. The smallest absolute Gasteiger partial charge is 0.451 e. The molecule has 1 amide bonds. The molecule has 0 aliphatic carbocycles. The number of rotatable bonds is 6. The van der Waals surface area contributed by atoms with Gasteiger partial charge in [0.1, 0.15) is 16.9 Å². The van der Waals surface area contributed by atoms with Crippen molar-refractivity contribution in [3.63, 3.8) is 0 Å². The van der Waals surface area contributed by atoms with Crippen LogP contribution < -0.4 is 10.1 Å². The van der Waals surface area contributed by atoms with Gasteiger partial charge in [0, 0.05) is 41.5 Å². The van der Waals surface area contributed by atoms with Gasteiger partial charge in [0.15, 0.2) is 0 Å². The van der Waals surface area contributed by atoms with Crippen LogP contribution in [-0.2, 0) is 10.9 Å². The Morgan fingerprint density at radius 1 is 1.28 bits per heavy atom. The molecule has 3 aromatic rings. The Balaban J connectivity index is 1.56. The van der Waals surface area contributed by atoms with Gasteiger partial charge in [-0.1, -0.05) is 0 Å². The third-order valence-electron chi connectivity index (χ3n) is 4.86. The van der Waals surface area contributed by atoms with Gasteiger partial charge in [-0.2, -0.15) is 13.2 Å². The molecule has 2 atom stereocenters. The summed E-state index contributed by atoms with van der Waals surface area (Å²) in [6, 6.07) is 4.56. The number of carbonyl (C=O) groups excluding carboxylic acids is 1. The first-order chi connectivity index (χ1) is 15.3. The van der Waals surface area contributed by atoms with Gasteiger partial charge in [-0.15, -0.1) is 11.3 Å². The van der Waals surface area contributed by atoms with Crippen LogP contribution in [0.15, 0.2) is 42.2 Å². The summed E-state index contributed by atoms with van der Waals surface area (Å²) in [5, 5.41) is 5.26. The number of alkyl halides is 3. The fourth-order valence-corrected chi connectivity index (χ4v) is 3.87.